The molecule has 1 atom stereocenters. The van der Waals surface area contributed by atoms with Gasteiger partial charge in [-0.1, -0.05) is 25.4 Å². The van der Waals surface area contributed by atoms with Crippen LogP contribution < -0.4 is 5.32 Å². The van der Waals surface area contributed by atoms with Crippen molar-refractivity contribution in [3.8, 4) is 0 Å². The smallest absolute Gasteiger partial charge is 0.328 e. The fourth-order valence-corrected chi connectivity index (χ4v) is 1.68. The lowest BCUT2D eigenvalue weighted by molar-refractivity contribution is -0.146. The molecule has 1 amide bonds. The molecule has 1 rings (SSSR count). The predicted molar refractivity (Wildman–Crippen MR) is 74.2 cm³/mol. The van der Waals surface area contributed by atoms with Gasteiger partial charge in [-0.2, -0.15) is 0 Å². The van der Waals surface area contributed by atoms with Crippen LogP contribution in [0.4, 0.5) is 0 Å². The van der Waals surface area contributed by atoms with Crippen LogP contribution in [0, 0.1) is 5.92 Å². The Kier molecular flexibility index (Phi) is 5.83. The molecule has 1 aromatic carbocycles. The molecule has 1 aromatic rings. The molecule has 4 nitrogen and oxygen atoms in total. The molecule has 0 aliphatic rings. The molecular weight excluding hydrogens is 266 g/mol. The average molecular weight is 284 g/mol. The summed E-state index contributed by atoms with van der Waals surface area (Å²) < 4.78 is 4.95. The van der Waals surface area contributed by atoms with Gasteiger partial charge in [0.25, 0.3) is 5.91 Å². The Morgan fingerprint density at radius 1 is 1.26 bits per heavy atom. The van der Waals surface area contributed by atoms with Crippen molar-refractivity contribution in [2.75, 3.05) is 6.61 Å². The zero-order valence-corrected chi connectivity index (χ0v) is 12.0. The first-order valence-corrected chi connectivity index (χ1v) is 6.56. The summed E-state index contributed by atoms with van der Waals surface area (Å²) in [5.74, 6) is -0.779. The summed E-state index contributed by atoms with van der Waals surface area (Å²) in [7, 11) is 0. The van der Waals surface area contributed by atoms with Gasteiger partial charge in [0.05, 0.1) is 6.61 Å². The van der Waals surface area contributed by atoms with E-state index in [0.29, 0.717) is 17.2 Å². The van der Waals surface area contributed by atoms with Gasteiger partial charge in [-0.3, -0.25) is 4.79 Å². The van der Waals surface area contributed by atoms with E-state index >= 15 is 0 Å². The van der Waals surface area contributed by atoms with E-state index < -0.39 is 12.0 Å². The van der Waals surface area contributed by atoms with Gasteiger partial charge >= 0.3 is 5.97 Å². The van der Waals surface area contributed by atoms with Crippen LogP contribution in [-0.4, -0.2) is 24.5 Å². The van der Waals surface area contributed by atoms with Gasteiger partial charge in [0.2, 0.25) is 0 Å². The molecule has 1 N–H and O–H groups in total. The molecule has 0 saturated heterocycles. The minimum absolute atomic E-state index is 0.0460. The van der Waals surface area contributed by atoms with E-state index in [0.717, 1.165) is 0 Å². The topological polar surface area (TPSA) is 55.4 Å². The van der Waals surface area contributed by atoms with Crippen molar-refractivity contribution in [1.29, 1.82) is 0 Å². The highest BCUT2D eigenvalue weighted by atomic mass is 35.5. The Morgan fingerprint density at radius 2 is 1.84 bits per heavy atom. The maximum Gasteiger partial charge on any atom is 0.328 e. The Labute approximate surface area is 118 Å². The average Bonchev–Trinajstić information content (AvgIpc) is 2.36. The zero-order chi connectivity index (χ0) is 14.4. The van der Waals surface area contributed by atoms with E-state index in [9.17, 15) is 9.59 Å². The van der Waals surface area contributed by atoms with Gasteiger partial charge in [-0.25, -0.2) is 4.79 Å². The lowest BCUT2D eigenvalue weighted by Crippen LogP contribution is -2.45. The van der Waals surface area contributed by atoms with Crippen molar-refractivity contribution in [2.45, 2.75) is 26.8 Å². The molecule has 0 radical (unpaired) electrons. The molecule has 19 heavy (non-hydrogen) atoms. The quantitative estimate of drug-likeness (QED) is 0.845. The van der Waals surface area contributed by atoms with E-state index in [-0.39, 0.29) is 11.8 Å². The number of hydrogen-bond donors (Lipinski definition) is 1. The van der Waals surface area contributed by atoms with Crippen molar-refractivity contribution >= 4 is 23.5 Å². The van der Waals surface area contributed by atoms with Crippen molar-refractivity contribution in [1.82, 2.24) is 5.32 Å². The minimum Gasteiger partial charge on any atom is -0.464 e. The number of hydrogen-bond acceptors (Lipinski definition) is 3. The van der Waals surface area contributed by atoms with Crippen molar-refractivity contribution in [3.05, 3.63) is 34.9 Å². The fourth-order valence-electron chi connectivity index (χ4n) is 1.56. The largest absolute Gasteiger partial charge is 0.464 e. The molecule has 0 spiro atoms. The highest BCUT2D eigenvalue weighted by Crippen LogP contribution is 2.11. The Hall–Kier alpha value is -1.55. The SMILES string of the molecule is CCOC(=O)[C@@H](NC(=O)c1ccc(Cl)cc1)C(C)C. The number of ether oxygens (including phenoxy) is 1. The number of halogens is 1. The van der Waals surface area contributed by atoms with Gasteiger partial charge < -0.3 is 10.1 Å². The predicted octanol–water partition coefficient (Wildman–Crippen LogP) is 2.66. The summed E-state index contributed by atoms with van der Waals surface area (Å²) in [5.41, 5.74) is 0.458. The van der Waals surface area contributed by atoms with E-state index in [1.165, 1.54) is 0 Å². The summed E-state index contributed by atoms with van der Waals surface area (Å²) in [6, 6.07) is 5.83. The number of benzene rings is 1. The third-order valence-electron chi connectivity index (χ3n) is 2.60. The van der Waals surface area contributed by atoms with Crippen molar-refractivity contribution in [2.24, 2.45) is 5.92 Å². The lowest BCUT2D eigenvalue weighted by atomic mass is 10.0. The van der Waals surface area contributed by atoms with Gasteiger partial charge in [0.1, 0.15) is 6.04 Å². The molecule has 0 aliphatic carbocycles. The van der Waals surface area contributed by atoms with Gasteiger partial charge in [0, 0.05) is 10.6 Å². The number of amides is 1. The van der Waals surface area contributed by atoms with Crippen LogP contribution in [0.2, 0.25) is 5.02 Å². The molecule has 104 valence electrons. The second kappa shape index (κ2) is 7.14. The minimum atomic E-state index is -0.650. The number of rotatable bonds is 5. The summed E-state index contributed by atoms with van der Waals surface area (Å²) in [6.45, 7) is 5.72. The lowest BCUT2D eigenvalue weighted by Gasteiger charge is -2.20. The molecule has 0 bridgehead atoms. The highest BCUT2D eigenvalue weighted by molar-refractivity contribution is 6.30. The number of carbonyl (C=O) groups excluding carboxylic acids is 2. The van der Waals surface area contributed by atoms with Crippen LogP contribution in [0.1, 0.15) is 31.1 Å². The third kappa shape index (κ3) is 4.56. The monoisotopic (exact) mass is 283 g/mol. The second-order valence-electron chi connectivity index (χ2n) is 4.45. The molecule has 0 unspecified atom stereocenters. The van der Waals surface area contributed by atoms with Gasteiger partial charge in [0.15, 0.2) is 0 Å². The standard InChI is InChI=1S/C14H18ClNO3/c1-4-19-14(18)12(9(2)3)16-13(17)10-5-7-11(15)8-6-10/h5-9,12H,4H2,1-3H3,(H,16,17)/t12-/m0/s1. The van der Waals surface area contributed by atoms with Crippen LogP contribution >= 0.6 is 11.6 Å². The number of esters is 1. The normalized spacial score (nSPS) is 12.1. The molecule has 0 fully saturated rings. The second-order valence-corrected chi connectivity index (χ2v) is 4.89. The van der Waals surface area contributed by atoms with E-state index in [1.807, 2.05) is 13.8 Å². The molecule has 0 heterocycles. The van der Waals surface area contributed by atoms with E-state index in [4.69, 9.17) is 16.3 Å². The van der Waals surface area contributed by atoms with Crippen LogP contribution in [-0.2, 0) is 9.53 Å². The Bertz CT molecular complexity index is 443. The summed E-state index contributed by atoms with van der Waals surface area (Å²) >= 11 is 5.76. The number of carbonyl (C=O) groups is 2. The first-order valence-electron chi connectivity index (χ1n) is 6.18. The summed E-state index contributed by atoms with van der Waals surface area (Å²) in [4.78, 5) is 23.8. The summed E-state index contributed by atoms with van der Waals surface area (Å²) in [6.07, 6.45) is 0. The van der Waals surface area contributed by atoms with Crippen LogP contribution in [0.15, 0.2) is 24.3 Å². The first kappa shape index (κ1) is 15.5. The maximum atomic E-state index is 12.0. The van der Waals surface area contributed by atoms with Crippen molar-refractivity contribution < 1.29 is 14.3 Å². The van der Waals surface area contributed by atoms with E-state index in [2.05, 4.69) is 5.32 Å². The highest BCUT2D eigenvalue weighted by Gasteiger charge is 2.25. The van der Waals surface area contributed by atoms with E-state index in [1.54, 1.807) is 31.2 Å². The third-order valence-corrected chi connectivity index (χ3v) is 2.85. The Morgan fingerprint density at radius 3 is 2.32 bits per heavy atom. The summed E-state index contributed by atoms with van der Waals surface area (Å²) in [5, 5.41) is 3.24. The van der Waals surface area contributed by atoms with Crippen LogP contribution in [0.5, 0.6) is 0 Å². The molecule has 5 heteroatoms. The first-order chi connectivity index (χ1) is 8.95. The molecular formula is C14H18ClNO3. The van der Waals surface area contributed by atoms with Crippen molar-refractivity contribution in [3.63, 3.8) is 0 Å². The van der Waals surface area contributed by atoms with Crippen LogP contribution in [0.3, 0.4) is 0 Å². The van der Waals surface area contributed by atoms with Crippen LogP contribution in [0.25, 0.3) is 0 Å². The van der Waals surface area contributed by atoms with Gasteiger partial charge in [-0.15, -0.1) is 0 Å². The fraction of sp³-hybridized carbons (Fsp3) is 0.429. The molecule has 0 aromatic heterocycles. The molecule has 0 aliphatic heterocycles. The zero-order valence-electron chi connectivity index (χ0n) is 11.3. The molecule has 0 saturated carbocycles. The maximum absolute atomic E-state index is 12.0. The Balaban J connectivity index is 2.76. The number of nitrogens with one attached hydrogen (secondary N) is 1. The van der Waals surface area contributed by atoms with Gasteiger partial charge in [-0.05, 0) is 37.1 Å².